The molecule has 0 spiro atoms. The molecule has 2 aromatic heterocycles. The Morgan fingerprint density at radius 1 is 1.21 bits per heavy atom. The fourth-order valence-corrected chi connectivity index (χ4v) is 2.68. The monoisotopic (exact) mass is 348 g/mol. The molecule has 126 valence electrons. The number of benzene rings is 1. The lowest BCUT2D eigenvalue weighted by atomic mass is 10.2. The molecule has 0 aliphatic heterocycles. The first-order valence-electron chi connectivity index (χ1n) is 7.26. The molecule has 0 amide bonds. The Balaban J connectivity index is 1.73. The molecule has 0 saturated heterocycles. The van der Waals surface area contributed by atoms with Crippen LogP contribution in [0.15, 0.2) is 42.9 Å². The normalized spacial score (nSPS) is 11.8. The maximum atomic E-state index is 10.9. The second-order valence-corrected chi connectivity index (χ2v) is 6.89. The number of nitrogens with one attached hydrogen (secondary N) is 2. The maximum absolute atomic E-state index is 10.9. The Hall–Kier alpha value is -2.25. The van der Waals surface area contributed by atoms with E-state index in [1.54, 1.807) is 6.20 Å². The Morgan fingerprint density at radius 2 is 2.00 bits per heavy atom. The number of hydrogen-bond acceptors (Lipinski definition) is 5. The fraction of sp³-hybridized carbons (Fsp3) is 0.200. The largest absolute Gasteiger partial charge is 0.471 e. The quantitative estimate of drug-likeness (QED) is 0.480. The second kappa shape index (κ2) is 7.11. The molecule has 1 aromatic carbocycles. The molecule has 0 radical (unpaired) electrons. The van der Waals surface area contributed by atoms with Crippen LogP contribution in [0.2, 0.25) is 0 Å². The summed E-state index contributed by atoms with van der Waals surface area (Å²) in [4.78, 5) is 29.2. The number of aromatic amines is 1. The minimum Gasteiger partial charge on any atom is -0.471 e. The van der Waals surface area contributed by atoms with Crippen molar-refractivity contribution in [2.45, 2.75) is 13.2 Å². The molecule has 0 bridgehead atoms. The molecule has 0 atom stereocenters. The first kappa shape index (κ1) is 16.6. The van der Waals surface area contributed by atoms with Gasteiger partial charge in [-0.1, -0.05) is 30.3 Å². The third kappa shape index (κ3) is 4.18. The maximum Gasteiger partial charge on any atom is 0.339 e. The smallest absolute Gasteiger partial charge is 0.339 e. The molecule has 0 unspecified atom stereocenters. The van der Waals surface area contributed by atoms with E-state index in [2.05, 4.69) is 20.3 Å². The molecular formula is C15H17N4O4P. The van der Waals surface area contributed by atoms with Crippen LogP contribution in [0.3, 0.4) is 0 Å². The Bertz CT molecular complexity index is 862. The third-order valence-corrected chi connectivity index (χ3v) is 3.99. The van der Waals surface area contributed by atoms with Gasteiger partial charge in [0.2, 0.25) is 5.88 Å². The Morgan fingerprint density at radius 3 is 2.75 bits per heavy atom. The summed E-state index contributed by atoms with van der Waals surface area (Å²) in [7, 11) is -4.08. The fourth-order valence-electron chi connectivity index (χ4n) is 2.28. The van der Waals surface area contributed by atoms with Gasteiger partial charge in [0, 0.05) is 18.3 Å². The topological polar surface area (TPSA) is 120 Å². The summed E-state index contributed by atoms with van der Waals surface area (Å²) in [6.45, 7) is 0.665. The van der Waals surface area contributed by atoms with E-state index >= 15 is 0 Å². The summed E-state index contributed by atoms with van der Waals surface area (Å²) >= 11 is 0. The van der Waals surface area contributed by atoms with Crippen LogP contribution in [0, 0.1) is 0 Å². The van der Waals surface area contributed by atoms with Crippen LogP contribution in [0.1, 0.15) is 11.1 Å². The van der Waals surface area contributed by atoms with E-state index in [1.165, 1.54) is 6.33 Å². The van der Waals surface area contributed by atoms with Gasteiger partial charge in [-0.25, -0.2) is 4.98 Å². The lowest BCUT2D eigenvalue weighted by Crippen LogP contribution is -2.14. The molecule has 9 heteroatoms. The summed E-state index contributed by atoms with van der Waals surface area (Å²) in [5, 5.41) is 2.71. The lowest BCUT2D eigenvalue weighted by Gasteiger charge is -2.07. The van der Waals surface area contributed by atoms with Gasteiger partial charge in [-0.05, 0) is 5.56 Å². The number of nitrogens with zero attached hydrogens (tertiary/aromatic N) is 2. The highest BCUT2D eigenvalue weighted by molar-refractivity contribution is 7.51. The van der Waals surface area contributed by atoms with E-state index in [0.29, 0.717) is 23.5 Å². The van der Waals surface area contributed by atoms with Crippen molar-refractivity contribution in [2.24, 2.45) is 0 Å². The van der Waals surface area contributed by atoms with Crippen molar-refractivity contribution >= 4 is 18.6 Å². The van der Waals surface area contributed by atoms with Gasteiger partial charge in [0.25, 0.3) is 0 Å². The summed E-state index contributed by atoms with van der Waals surface area (Å²) < 4.78 is 16.6. The van der Waals surface area contributed by atoms with Gasteiger partial charge in [0.1, 0.15) is 18.5 Å². The average molecular weight is 348 g/mol. The van der Waals surface area contributed by atoms with Gasteiger partial charge in [-0.3, -0.25) is 4.57 Å². The van der Waals surface area contributed by atoms with E-state index in [-0.39, 0.29) is 12.8 Å². The van der Waals surface area contributed by atoms with Crippen LogP contribution in [0.4, 0.5) is 0 Å². The van der Waals surface area contributed by atoms with Gasteiger partial charge >= 0.3 is 7.60 Å². The standard InChI is InChI=1S/C15H17N4O4P/c20-24(21,22)10-16-6-12-7-17-14-13(12)18-9-19-15(14)23-8-11-4-2-1-3-5-11/h1-5,7,9,16-17H,6,8,10H2,(H2,20,21,22). The van der Waals surface area contributed by atoms with Crippen LogP contribution in [0.25, 0.3) is 11.0 Å². The molecule has 3 rings (SSSR count). The summed E-state index contributed by atoms with van der Waals surface area (Å²) in [6, 6.07) is 9.74. The van der Waals surface area contributed by atoms with Gasteiger partial charge < -0.3 is 24.8 Å². The minimum absolute atomic E-state index is 0.278. The zero-order valence-corrected chi connectivity index (χ0v) is 13.6. The molecular weight excluding hydrogens is 331 g/mol. The van der Waals surface area contributed by atoms with Crippen molar-refractivity contribution in [3.63, 3.8) is 0 Å². The zero-order chi connectivity index (χ0) is 17.0. The molecule has 0 aliphatic carbocycles. The van der Waals surface area contributed by atoms with Crippen LogP contribution < -0.4 is 10.1 Å². The van der Waals surface area contributed by atoms with Crippen molar-refractivity contribution < 1.29 is 19.1 Å². The summed E-state index contributed by atoms with van der Waals surface area (Å²) in [5.74, 6) is 0.435. The highest BCUT2D eigenvalue weighted by Crippen LogP contribution is 2.32. The molecule has 0 saturated carbocycles. The third-order valence-electron chi connectivity index (χ3n) is 3.36. The minimum atomic E-state index is -4.08. The van der Waals surface area contributed by atoms with E-state index < -0.39 is 7.60 Å². The van der Waals surface area contributed by atoms with E-state index in [9.17, 15) is 4.57 Å². The predicted molar refractivity (Wildman–Crippen MR) is 88.4 cm³/mol. The Kier molecular flexibility index (Phi) is 4.92. The zero-order valence-electron chi connectivity index (χ0n) is 12.7. The summed E-state index contributed by atoms with van der Waals surface area (Å²) in [5.41, 5.74) is 3.12. The molecule has 4 N–H and O–H groups in total. The number of H-pyrrole nitrogens is 1. The number of ether oxygens (including phenoxy) is 1. The highest BCUT2D eigenvalue weighted by Gasteiger charge is 2.14. The molecule has 2 heterocycles. The first-order valence-corrected chi connectivity index (χ1v) is 9.06. The van der Waals surface area contributed by atoms with Gasteiger partial charge in [0.15, 0.2) is 0 Å². The number of rotatable bonds is 7. The van der Waals surface area contributed by atoms with Crippen molar-refractivity contribution in [3.05, 3.63) is 54.0 Å². The van der Waals surface area contributed by atoms with E-state index in [4.69, 9.17) is 14.5 Å². The van der Waals surface area contributed by atoms with Crippen molar-refractivity contribution in [3.8, 4) is 5.88 Å². The molecule has 0 fully saturated rings. The van der Waals surface area contributed by atoms with Crippen LogP contribution >= 0.6 is 7.60 Å². The second-order valence-electron chi connectivity index (χ2n) is 5.24. The average Bonchev–Trinajstić information content (AvgIpc) is 2.97. The van der Waals surface area contributed by atoms with Crippen molar-refractivity contribution in [1.29, 1.82) is 0 Å². The predicted octanol–water partition coefficient (Wildman–Crippen LogP) is 1.76. The molecule has 3 aromatic rings. The number of fused-ring (bicyclic) bond motifs is 1. The van der Waals surface area contributed by atoms with E-state index in [0.717, 1.165) is 11.1 Å². The van der Waals surface area contributed by atoms with Crippen LogP contribution in [-0.2, 0) is 17.7 Å². The molecule has 0 aliphatic rings. The molecule has 24 heavy (non-hydrogen) atoms. The Labute approximate surface area is 138 Å². The van der Waals surface area contributed by atoms with Crippen molar-refractivity contribution in [1.82, 2.24) is 20.3 Å². The first-order chi connectivity index (χ1) is 11.5. The summed E-state index contributed by atoms with van der Waals surface area (Å²) in [6.07, 6.45) is 2.74. The SMILES string of the molecule is O=P(O)(O)CNCc1c[nH]c2c(OCc3ccccc3)ncnc12. The lowest BCUT2D eigenvalue weighted by molar-refractivity contribution is 0.297. The highest BCUT2D eigenvalue weighted by atomic mass is 31.2. The molecule has 8 nitrogen and oxygen atoms in total. The van der Waals surface area contributed by atoms with Gasteiger partial charge in [0.05, 0.1) is 11.8 Å². The van der Waals surface area contributed by atoms with Gasteiger partial charge in [-0.2, -0.15) is 4.98 Å². The number of aromatic nitrogens is 3. The van der Waals surface area contributed by atoms with Crippen molar-refractivity contribution in [2.75, 3.05) is 6.29 Å². The van der Waals surface area contributed by atoms with E-state index in [1.807, 2.05) is 30.3 Å². The number of hydrogen-bond donors (Lipinski definition) is 4. The van der Waals surface area contributed by atoms with Crippen LogP contribution in [0.5, 0.6) is 5.88 Å². The van der Waals surface area contributed by atoms with Gasteiger partial charge in [-0.15, -0.1) is 0 Å². The van der Waals surface area contributed by atoms with Crippen LogP contribution in [-0.4, -0.2) is 31.0 Å².